The highest BCUT2D eigenvalue weighted by atomic mass is 16.5. The number of rotatable bonds is 4. The lowest BCUT2D eigenvalue weighted by atomic mass is 10.0. The highest BCUT2D eigenvalue weighted by Gasteiger charge is 2.30. The summed E-state index contributed by atoms with van der Waals surface area (Å²) in [6.07, 6.45) is 2.64. The molecule has 2 heterocycles. The molecular formula is C18H22N2O2. The minimum atomic E-state index is 0.0966. The molecule has 2 aromatic rings. The van der Waals surface area contributed by atoms with Crippen LogP contribution in [0.5, 0.6) is 5.75 Å². The van der Waals surface area contributed by atoms with Crippen LogP contribution in [0.15, 0.2) is 24.3 Å². The van der Waals surface area contributed by atoms with Gasteiger partial charge in [0.05, 0.1) is 12.6 Å². The van der Waals surface area contributed by atoms with E-state index in [4.69, 9.17) is 9.72 Å². The summed E-state index contributed by atoms with van der Waals surface area (Å²) < 4.78 is 5.27. The number of carbonyl (C=O) groups excluding carboxylic acids is 1. The minimum Gasteiger partial charge on any atom is -0.497 e. The summed E-state index contributed by atoms with van der Waals surface area (Å²) in [5.41, 5.74) is 2.06. The molecule has 0 aliphatic carbocycles. The van der Waals surface area contributed by atoms with Gasteiger partial charge in [-0.3, -0.25) is 9.69 Å². The molecule has 0 bridgehead atoms. The number of pyridine rings is 1. The van der Waals surface area contributed by atoms with Crippen molar-refractivity contribution < 1.29 is 9.53 Å². The number of hydrogen-bond donors (Lipinski definition) is 0. The number of amides is 1. The standard InChI is InChI=1S/C18H22N2O2/c1-4-12(5-2)18(21)20-9-8-13-10-14-11-15(22-3)6-7-16(14)19-17(13)20/h6-7,10-12H,4-5,8-9H2,1-3H3. The van der Waals surface area contributed by atoms with Gasteiger partial charge in [-0.15, -0.1) is 0 Å². The summed E-state index contributed by atoms with van der Waals surface area (Å²) in [5, 5.41) is 1.06. The van der Waals surface area contributed by atoms with Crippen LogP contribution >= 0.6 is 0 Å². The van der Waals surface area contributed by atoms with E-state index in [1.165, 1.54) is 0 Å². The van der Waals surface area contributed by atoms with Crippen LogP contribution in [0.25, 0.3) is 10.9 Å². The molecule has 0 saturated heterocycles. The van der Waals surface area contributed by atoms with Gasteiger partial charge in [0.1, 0.15) is 11.6 Å². The maximum atomic E-state index is 12.7. The largest absolute Gasteiger partial charge is 0.497 e. The average Bonchev–Trinajstić information content (AvgIpc) is 2.95. The highest BCUT2D eigenvalue weighted by Crippen LogP contribution is 2.32. The van der Waals surface area contributed by atoms with Gasteiger partial charge in [-0.25, -0.2) is 4.98 Å². The van der Waals surface area contributed by atoms with E-state index in [-0.39, 0.29) is 11.8 Å². The van der Waals surface area contributed by atoms with Crippen molar-refractivity contribution in [3.05, 3.63) is 29.8 Å². The van der Waals surface area contributed by atoms with E-state index in [2.05, 4.69) is 19.9 Å². The first kappa shape index (κ1) is 14.8. The lowest BCUT2D eigenvalue weighted by Gasteiger charge is -2.21. The number of methoxy groups -OCH3 is 1. The minimum absolute atomic E-state index is 0.0966. The maximum Gasteiger partial charge on any atom is 0.231 e. The first-order valence-electron chi connectivity index (χ1n) is 7.97. The monoisotopic (exact) mass is 298 g/mol. The van der Waals surface area contributed by atoms with Gasteiger partial charge in [0.2, 0.25) is 5.91 Å². The Hall–Kier alpha value is -2.10. The zero-order valence-electron chi connectivity index (χ0n) is 13.4. The number of carbonyl (C=O) groups is 1. The molecule has 0 saturated carbocycles. The van der Waals surface area contributed by atoms with E-state index in [9.17, 15) is 4.79 Å². The quantitative estimate of drug-likeness (QED) is 0.866. The van der Waals surface area contributed by atoms with Crippen LogP contribution in [0.3, 0.4) is 0 Å². The average molecular weight is 298 g/mol. The molecule has 22 heavy (non-hydrogen) atoms. The van der Waals surface area contributed by atoms with Crippen molar-refractivity contribution in [3.63, 3.8) is 0 Å². The van der Waals surface area contributed by atoms with E-state index >= 15 is 0 Å². The summed E-state index contributed by atoms with van der Waals surface area (Å²) in [7, 11) is 1.66. The molecule has 1 aliphatic heterocycles. The van der Waals surface area contributed by atoms with E-state index in [0.29, 0.717) is 0 Å². The van der Waals surface area contributed by atoms with Crippen molar-refractivity contribution in [1.82, 2.24) is 4.98 Å². The smallest absolute Gasteiger partial charge is 0.231 e. The Morgan fingerprint density at radius 3 is 2.77 bits per heavy atom. The first-order chi connectivity index (χ1) is 10.7. The third-order valence-corrected chi connectivity index (χ3v) is 4.54. The predicted octanol–water partition coefficient (Wildman–Crippen LogP) is 3.57. The fourth-order valence-corrected chi connectivity index (χ4v) is 3.14. The van der Waals surface area contributed by atoms with Crippen LogP contribution in [0.2, 0.25) is 0 Å². The van der Waals surface area contributed by atoms with Crippen molar-refractivity contribution >= 4 is 22.6 Å². The number of hydrogen-bond acceptors (Lipinski definition) is 3. The molecule has 116 valence electrons. The Balaban J connectivity index is 2.00. The Labute approximate surface area is 131 Å². The number of aromatic nitrogens is 1. The Morgan fingerprint density at radius 2 is 2.09 bits per heavy atom. The third kappa shape index (κ3) is 2.43. The molecule has 0 unspecified atom stereocenters. The van der Waals surface area contributed by atoms with Gasteiger partial charge in [0, 0.05) is 17.8 Å². The lowest BCUT2D eigenvalue weighted by Crippen LogP contribution is -2.34. The number of fused-ring (bicyclic) bond motifs is 2. The Bertz CT molecular complexity index is 708. The van der Waals surface area contributed by atoms with Crippen LogP contribution in [-0.2, 0) is 11.2 Å². The second-order valence-corrected chi connectivity index (χ2v) is 5.78. The number of ether oxygens (including phenoxy) is 1. The molecule has 0 N–H and O–H groups in total. The zero-order chi connectivity index (χ0) is 15.7. The van der Waals surface area contributed by atoms with Gasteiger partial charge >= 0.3 is 0 Å². The van der Waals surface area contributed by atoms with Gasteiger partial charge < -0.3 is 4.74 Å². The molecule has 0 spiro atoms. The fourth-order valence-electron chi connectivity index (χ4n) is 3.14. The normalized spacial score (nSPS) is 13.7. The van der Waals surface area contributed by atoms with Crippen molar-refractivity contribution in [2.45, 2.75) is 33.1 Å². The highest BCUT2D eigenvalue weighted by molar-refractivity contribution is 5.97. The van der Waals surface area contributed by atoms with Crippen molar-refractivity contribution in [2.75, 3.05) is 18.6 Å². The summed E-state index contributed by atoms with van der Waals surface area (Å²) in [4.78, 5) is 19.3. The Kier molecular flexibility index (Phi) is 4.01. The van der Waals surface area contributed by atoms with E-state index in [1.54, 1.807) is 7.11 Å². The Morgan fingerprint density at radius 1 is 1.32 bits per heavy atom. The molecule has 3 rings (SSSR count). The first-order valence-corrected chi connectivity index (χ1v) is 7.97. The van der Waals surface area contributed by atoms with Gasteiger partial charge in [0.15, 0.2) is 0 Å². The molecule has 1 aromatic carbocycles. The van der Waals surface area contributed by atoms with Crippen molar-refractivity contribution in [1.29, 1.82) is 0 Å². The van der Waals surface area contributed by atoms with Gasteiger partial charge in [-0.1, -0.05) is 13.8 Å². The number of nitrogens with zero attached hydrogens (tertiary/aromatic N) is 2. The predicted molar refractivity (Wildman–Crippen MR) is 88.4 cm³/mol. The molecule has 0 radical (unpaired) electrons. The summed E-state index contributed by atoms with van der Waals surface area (Å²) >= 11 is 0. The van der Waals surface area contributed by atoms with E-state index in [0.717, 1.165) is 53.8 Å². The van der Waals surface area contributed by atoms with Crippen molar-refractivity contribution in [3.8, 4) is 5.75 Å². The molecule has 1 amide bonds. The summed E-state index contributed by atoms with van der Waals surface area (Å²) in [5.74, 6) is 1.98. The SMILES string of the molecule is CCC(CC)C(=O)N1CCc2cc3cc(OC)ccc3nc21. The van der Waals surface area contributed by atoms with Gasteiger partial charge in [-0.05, 0) is 49.1 Å². The second-order valence-electron chi connectivity index (χ2n) is 5.78. The van der Waals surface area contributed by atoms with Crippen LogP contribution in [0.4, 0.5) is 5.82 Å². The molecule has 4 nitrogen and oxygen atoms in total. The molecule has 0 atom stereocenters. The van der Waals surface area contributed by atoms with Crippen LogP contribution in [-0.4, -0.2) is 24.5 Å². The van der Waals surface area contributed by atoms with Crippen molar-refractivity contribution in [2.24, 2.45) is 5.92 Å². The van der Waals surface area contributed by atoms with Crippen LogP contribution < -0.4 is 9.64 Å². The van der Waals surface area contributed by atoms with Crippen LogP contribution in [0.1, 0.15) is 32.3 Å². The molecule has 1 aromatic heterocycles. The lowest BCUT2D eigenvalue weighted by molar-refractivity contribution is -0.122. The summed E-state index contributed by atoms with van der Waals surface area (Å²) in [6, 6.07) is 7.99. The topological polar surface area (TPSA) is 42.4 Å². The molecule has 0 fully saturated rings. The fraction of sp³-hybridized carbons (Fsp3) is 0.444. The summed E-state index contributed by atoms with van der Waals surface area (Å²) in [6.45, 7) is 4.89. The third-order valence-electron chi connectivity index (χ3n) is 4.54. The number of anilines is 1. The second kappa shape index (κ2) is 5.95. The molecular weight excluding hydrogens is 276 g/mol. The maximum absolute atomic E-state index is 12.7. The van der Waals surface area contributed by atoms with Gasteiger partial charge in [0.25, 0.3) is 0 Å². The van der Waals surface area contributed by atoms with Gasteiger partial charge in [-0.2, -0.15) is 0 Å². The molecule has 1 aliphatic rings. The zero-order valence-corrected chi connectivity index (χ0v) is 13.4. The van der Waals surface area contributed by atoms with E-state index < -0.39 is 0 Å². The molecule has 4 heteroatoms. The van der Waals surface area contributed by atoms with E-state index in [1.807, 2.05) is 23.1 Å². The number of benzene rings is 1. The van der Waals surface area contributed by atoms with Crippen LogP contribution in [0, 0.1) is 5.92 Å².